The number of sulfone groups is 1. The van der Waals surface area contributed by atoms with E-state index in [0.29, 0.717) is 6.42 Å². The molecule has 0 aromatic carbocycles. The number of hydrogen-bond donors (Lipinski definition) is 1. The highest BCUT2D eigenvalue weighted by molar-refractivity contribution is 7.91. The molecule has 98 valence electrons. The van der Waals surface area contributed by atoms with Gasteiger partial charge < -0.3 is 4.90 Å². The highest BCUT2D eigenvalue weighted by atomic mass is 32.2. The predicted octanol–water partition coefficient (Wildman–Crippen LogP) is -0.0241. The molecule has 2 fully saturated rings. The molecule has 2 saturated heterocycles. The fourth-order valence-electron chi connectivity index (χ4n) is 2.68. The Labute approximate surface area is 102 Å². The molecule has 0 spiro atoms. The van der Waals surface area contributed by atoms with E-state index < -0.39 is 9.84 Å². The zero-order valence-electron chi connectivity index (χ0n) is 10.5. The Morgan fingerprint density at radius 3 is 2.53 bits per heavy atom. The Hall–Kier alpha value is -0.620. The molecule has 0 bridgehead atoms. The second-order valence-corrected chi connectivity index (χ2v) is 7.61. The molecular weight excluding hydrogens is 240 g/mol. The average Bonchev–Trinajstić information content (AvgIpc) is 2.69. The number of rotatable bonds is 2. The topological polar surface area (TPSA) is 66.5 Å². The normalized spacial score (nSPS) is 37.1. The van der Waals surface area contributed by atoms with Gasteiger partial charge in [0.2, 0.25) is 5.91 Å². The highest BCUT2D eigenvalue weighted by Crippen LogP contribution is 2.26. The van der Waals surface area contributed by atoms with Gasteiger partial charge in [0.1, 0.15) is 0 Å². The minimum absolute atomic E-state index is 0.0317. The van der Waals surface area contributed by atoms with Crippen molar-refractivity contribution in [1.82, 2.24) is 10.2 Å². The first-order valence-corrected chi connectivity index (χ1v) is 7.92. The van der Waals surface area contributed by atoms with Gasteiger partial charge in [0.15, 0.2) is 9.84 Å². The third-order valence-electron chi connectivity index (χ3n) is 3.58. The molecule has 0 aromatic heterocycles. The SMILES string of the molecule is CC1NC(C(C)C)N(C2CCS(=O)(=O)C2)C1=O. The van der Waals surface area contributed by atoms with Gasteiger partial charge in [-0.2, -0.15) is 0 Å². The lowest BCUT2D eigenvalue weighted by Crippen LogP contribution is -2.47. The molecule has 5 nitrogen and oxygen atoms in total. The van der Waals surface area contributed by atoms with Crippen molar-refractivity contribution in [2.45, 2.75) is 45.4 Å². The zero-order valence-corrected chi connectivity index (χ0v) is 11.3. The van der Waals surface area contributed by atoms with Crippen molar-refractivity contribution in [3.8, 4) is 0 Å². The van der Waals surface area contributed by atoms with Crippen molar-refractivity contribution < 1.29 is 13.2 Å². The summed E-state index contributed by atoms with van der Waals surface area (Å²) in [5.41, 5.74) is 0. The van der Waals surface area contributed by atoms with Crippen LogP contribution >= 0.6 is 0 Å². The number of hydrogen-bond acceptors (Lipinski definition) is 4. The molecule has 1 N–H and O–H groups in total. The summed E-state index contributed by atoms with van der Waals surface area (Å²) in [5.74, 6) is 0.648. The van der Waals surface area contributed by atoms with E-state index in [4.69, 9.17) is 0 Å². The van der Waals surface area contributed by atoms with Crippen LogP contribution in [0.15, 0.2) is 0 Å². The zero-order chi connectivity index (χ0) is 12.8. The maximum atomic E-state index is 12.1. The van der Waals surface area contributed by atoms with Gasteiger partial charge in [-0.15, -0.1) is 0 Å². The number of carbonyl (C=O) groups is 1. The quantitative estimate of drug-likeness (QED) is 0.757. The molecule has 3 unspecified atom stereocenters. The van der Waals surface area contributed by atoms with Crippen molar-refractivity contribution in [2.24, 2.45) is 5.92 Å². The molecule has 0 aliphatic carbocycles. The molecule has 2 aliphatic heterocycles. The van der Waals surface area contributed by atoms with E-state index in [0.717, 1.165) is 0 Å². The molecule has 0 aromatic rings. The van der Waals surface area contributed by atoms with E-state index in [1.807, 2.05) is 20.8 Å². The Balaban J connectivity index is 2.21. The maximum absolute atomic E-state index is 12.1. The van der Waals surface area contributed by atoms with E-state index in [1.165, 1.54) is 0 Å². The Morgan fingerprint density at radius 2 is 2.06 bits per heavy atom. The third kappa shape index (κ3) is 2.33. The second-order valence-electron chi connectivity index (χ2n) is 5.38. The fourth-order valence-corrected chi connectivity index (χ4v) is 4.40. The number of carbonyl (C=O) groups excluding carboxylic acids is 1. The van der Waals surface area contributed by atoms with Gasteiger partial charge in [0.05, 0.1) is 23.7 Å². The smallest absolute Gasteiger partial charge is 0.241 e. The van der Waals surface area contributed by atoms with E-state index in [1.54, 1.807) is 4.90 Å². The summed E-state index contributed by atoms with van der Waals surface area (Å²) in [6, 6.07) is -0.344. The van der Waals surface area contributed by atoms with Crippen LogP contribution in [0.25, 0.3) is 0 Å². The van der Waals surface area contributed by atoms with Crippen LogP contribution < -0.4 is 5.32 Å². The molecule has 2 rings (SSSR count). The monoisotopic (exact) mass is 260 g/mol. The Bertz CT molecular complexity index is 418. The lowest BCUT2D eigenvalue weighted by Gasteiger charge is -2.31. The van der Waals surface area contributed by atoms with Crippen molar-refractivity contribution in [3.63, 3.8) is 0 Å². The van der Waals surface area contributed by atoms with E-state index >= 15 is 0 Å². The number of nitrogens with zero attached hydrogens (tertiary/aromatic N) is 1. The van der Waals surface area contributed by atoms with Gasteiger partial charge >= 0.3 is 0 Å². The highest BCUT2D eigenvalue weighted by Gasteiger charge is 2.45. The van der Waals surface area contributed by atoms with E-state index in [-0.39, 0.29) is 41.6 Å². The summed E-state index contributed by atoms with van der Waals surface area (Å²) >= 11 is 0. The predicted molar refractivity (Wildman–Crippen MR) is 65.1 cm³/mol. The summed E-state index contributed by atoms with van der Waals surface area (Å²) in [6.07, 6.45) is 0.543. The molecule has 2 heterocycles. The van der Waals surface area contributed by atoms with Gasteiger partial charge in [0, 0.05) is 6.04 Å². The van der Waals surface area contributed by atoms with Crippen molar-refractivity contribution in [3.05, 3.63) is 0 Å². The van der Waals surface area contributed by atoms with Gasteiger partial charge in [-0.1, -0.05) is 13.8 Å². The molecule has 3 atom stereocenters. The van der Waals surface area contributed by atoms with E-state index in [9.17, 15) is 13.2 Å². The Kier molecular flexibility index (Phi) is 3.20. The fraction of sp³-hybridized carbons (Fsp3) is 0.909. The lowest BCUT2D eigenvalue weighted by atomic mass is 10.1. The van der Waals surface area contributed by atoms with Crippen LogP contribution in [-0.2, 0) is 14.6 Å². The Morgan fingerprint density at radius 1 is 1.41 bits per heavy atom. The first-order chi connectivity index (χ1) is 7.82. The van der Waals surface area contributed by atoms with Crippen LogP contribution in [-0.4, -0.2) is 49.0 Å². The molecule has 17 heavy (non-hydrogen) atoms. The van der Waals surface area contributed by atoms with Crippen LogP contribution in [0.1, 0.15) is 27.2 Å². The standard InChI is InChI=1S/C11H20N2O3S/c1-7(2)10-12-8(3)11(14)13(10)9-4-5-17(15,16)6-9/h7-10,12H,4-6H2,1-3H3. The summed E-state index contributed by atoms with van der Waals surface area (Å²) in [7, 11) is -2.94. The first-order valence-electron chi connectivity index (χ1n) is 6.10. The van der Waals surface area contributed by atoms with Crippen LogP contribution in [0.5, 0.6) is 0 Å². The number of amides is 1. The van der Waals surface area contributed by atoms with Crippen LogP contribution in [0, 0.1) is 5.92 Å². The number of nitrogens with one attached hydrogen (secondary N) is 1. The lowest BCUT2D eigenvalue weighted by molar-refractivity contribution is -0.132. The van der Waals surface area contributed by atoms with Gasteiger partial charge in [-0.3, -0.25) is 10.1 Å². The van der Waals surface area contributed by atoms with Crippen LogP contribution in [0.4, 0.5) is 0 Å². The van der Waals surface area contributed by atoms with Crippen LogP contribution in [0.2, 0.25) is 0 Å². The minimum Gasteiger partial charge on any atom is -0.322 e. The largest absolute Gasteiger partial charge is 0.322 e. The first kappa shape index (κ1) is 12.8. The minimum atomic E-state index is -2.94. The van der Waals surface area contributed by atoms with Crippen molar-refractivity contribution >= 4 is 15.7 Å². The van der Waals surface area contributed by atoms with Gasteiger partial charge in [-0.25, -0.2) is 8.42 Å². The van der Waals surface area contributed by atoms with Gasteiger partial charge in [0.25, 0.3) is 0 Å². The van der Waals surface area contributed by atoms with Crippen molar-refractivity contribution in [1.29, 1.82) is 0 Å². The molecule has 2 aliphatic rings. The van der Waals surface area contributed by atoms with Crippen LogP contribution in [0.3, 0.4) is 0 Å². The maximum Gasteiger partial charge on any atom is 0.241 e. The summed E-state index contributed by atoms with van der Waals surface area (Å²) in [5, 5.41) is 3.24. The molecule has 0 saturated carbocycles. The molecular formula is C11H20N2O3S. The second kappa shape index (κ2) is 4.24. The summed E-state index contributed by atoms with van der Waals surface area (Å²) in [4.78, 5) is 13.9. The van der Waals surface area contributed by atoms with E-state index in [2.05, 4.69) is 5.32 Å². The molecule has 0 radical (unpaired) electrons. The third-order valence-corrected chi connectivity index (χ3v) is 5.33. The average molecular weight is 260 g/mol. The van der Waals surface area contributed by atoms with Gasteiger partial charge in [-0.05, 0) is 19.3 Å². The summed E-state index contributed by atoms with van der Waals surface area (Å²) in [6.45, 7) is 5.92. The molecule has 1 amide bonds. The van der Waals surface area contributed by atoms with Crippen molar-refractivity contribution in [2.75, 3.05) is 11.5 Å². The molecule has 6 heteroatoms. The summed E-state index contributed by atoms with van der Waals surface area (Å²) < 4.78 is 23.0.